The summed E-state index contributed by atoms with van der Waals surface area (Å²) in [4.78, 5) is 9.47. The number of nitrogens with two attached hydrogens (primary N) is 1. The quantitative estimate of drug-likeness (QED) is 0.181. The summed E-state index contributed by atoms with van der Waals surface area (Å²) >= 11 is 1.61. The van der Waals surface area contributed by atoms with Crippen molar-refractivity contribution in [3.05, 3.63) is 89.8 Å². The summed E-state index contributed by atoms with van der Waals surface area (Å²) in [6.07, 6.45) is 1.76. The zero-order valence-corrected chi connectivity index (χ0v) is 18.1. The van der Waals surface area contributed by atoms with Crippen LogP contribution in [0.25, 0.3) is 27.1 Å². The minimum Gasteiger partial charge on any atom is -0.350 e. The molecule has 0 saturated carbocycles. The first-order valence-electron chi connectivity index (χ1n) is 10.2. The van der Waals surface area contributed by atoms with Gasteiger partial charge in [0, 0.05) is 17.8 Å². The van der Waals surface area contributed by atoms with Gasteiger partial charge in [-0.1, -0.05) is 55.1 Å². The average Bonchev–Trinajstić information content (AvgIpc) is 3.31. The van der Waals surface area contributed by atoms with E-state index in [0.717, 1.165) is 33.0 Å². The van der Waals surface area contributed by atoms with Crippen LogP contribution in [0.4, 0.5) is 23.1 Å². The van der Waals surface area contributed by atoms with Gasteiger partial charge in [0.25, 0.3) is 0 Å². The minimum absolute atomic E-state index is 0.579. The number of fused-ring (bicyclic) bond motifs is 2. The van der Waals surface area contributed by atoms with Crippen molar-refractivity contribution in [2.24, 2.45) is 5.84 Å². The second-order valence-corrected chi connectivity index (χ2v) is 8.21. The molecule has 0 aliphatic carbocycles. The Morgan fingerprint density at radius 3 is 2.75 bits per heavy atom. The lowest BCUT2D eigenvalue weighted by molar-refractivity contribution is 1.08. The molecule has 5 aromatic rings. The zero-order chi connectivity index (χ0) is 21.9. The van der Waals surface area contributed by atoms with E-state index in [4.69, 9.17) is 15.8 Å². The number of hydrazine groups is 1. The van der Waals surface area contributed by atoms with E-state index < -0.39 is 0 Å². The fraction of sp³-hybridized carbons (Fsp3) is 0.0400. The van der Waals surface area contributed by atoms with Gasteiger partial charge in [0.1, 0.15) is 0 Å². The number of anilines is 4. The molecule has 5 N–H and O–H groups in total. The Morgan fingerprint density at radius 2 is 1.88 bits per heavy atom. The molecule has 158 valence electrons. The Morgan fingerprint density at radius 1 is 1.00 bits per heavy atom. The van der Waals surface area contributed by atoms with E-state index in [1.807, 2.05) is 29.6 Å². The Bertz CT molecular complexity index is 1420. The van der Waals surface area contributed by atoms with Crippen LogP contribution in [0.2, 0.25) is 0 Å². The van der Waals surface area contributed by atoms with Gasteiger partial charge >= 0.3 is 0 Å². The highest BCUT2D eigenvalue weighted by molar-refractivity contribution is 7.17. The standard InChI is InChI=1S/C25H22N6S/c1-2-16-14-19(10-11-21(16)31-26)28-24-23-22(12-13-32-23)29-25(30-24)27-15-18-8-5-7-17-6-3-4-9-20(17)18/h2-14,31H,1,15,26H2,(H2,27,28,29,30). The maximum absolute atomic E-state index is 5.58. The molecule has 32 heavy (non-hydrogen) atoms. The number of rotatable bonds is 7. The van der Waals surface area contributed by atoms with Crippen molar-refractivity contribution in [2.75, 3.05) is 16.1 Å². The van der Waals surface area contributed by atoms with Gasteiger partial charge < -0.3 is 16.1 Å². The molecule has 0 atom stereocenters. The first kappa shape index (κ1) is 20.0. The van der Waals surface area contributed by atoms with E-state index >= 15 is 0 Å². The van der Waals surface area contributed by atoms with Gasteiger partial charge in [-0.2, -0.15) is 4.98 Å². The number of nitrogens with one attached hydrogen (secondary N) is 3. The number of nitrogens with zero attached hydrogens (tertiary/aromatic N) is 2. The molecule has 0 saturated heterocycles. The van der Waals surface area contributed by atoms with Crippen molar-refractivity contribution in [3.63, 3.8) is 0 Å². The van der Waals surface area contributed by atoms with Crippen molar-refractivity contribution < 1.29 is 0 Å². The van der Waals surface area contributed by atoms with Crippen molar-refractivity contribution in [2.45, 2.75) is 6.54 Å². The van der Waals surface area contributed by atoms with E-state index in [1.165, 1.54) is 16.3 Å². The summed E-state index contributed by atoms with van der Waals surface area (Å²) in [6.45, 7) is 4.49. The second-order valence-electron chi connectivity index (χ2n) is 7.30. The summed E-state index contributed by atoms with van der Waals surface area (Å²) in [5.74, 6) is 6.92. The Kier molecular flexibility index (Phi) is 5.41. The molecular weight excluding hydrogens is 416 g/mol. The lowest BCUT2D eigenvalue weighted by Crippen LogP contribution is -2.08. The molecule has 0 bridgehead atoms. The third-order valence-electron chi connectivity index (χ3n) is 5.31. The molecule has 0 spiro atoms. The van der Waals surface area contributed by atoms with E-state index in [2.05, 4.69) is 65.1 Å². The van der Waals surface area contributed by atoms with E-state index in [0.29, 0.717) is 12.5 Å². The van der Waals surface area contributed by atoms with Crippen molar-refractivity contribution in [1.29, 1.82) is 0 Å². The van der Waals surface area contributed by atoms with Crippen LogP contribution in [0.1, 0.15) is 11.1 Å². The number of benzene rings is 3. The molecule has 7 heteroatoms. The SMILES string of the molecule is C=Cc1cc(Nc2nc(NCc3cccc4ccccc34)nc3ccsc23)ccc1NN. The molecule has 0 aliphatic heterocycles. The molecule has 6 nitrogen and oxygen atoms in total. The lowest BCUT2D eigenvalue weighted by atomic mass is 10.0. The molecule has 2 aromatic heterocycles. The summed E-state index contributed by atoms with van der Waals surface area (Å²) in [5, 5.41) is 11.3. The Labute approximate surface area is 189 Å². The third kappa shape index (κ3) is 3.87. The first-order chi connectivity index (χ1) is 15.7. The smallest absolute Gasteiger partial charge is 0.225 e. The number of hydrogen-bond donors (Lipinski definition) is 4. The van der Waals surface area contributed by atoms with Gasteiger partial charge in [0.15, 0.2) is 5.82 Å². The molecule has 0 radical (unpaired) electrons. The predicted octanol–water partition coefficient (Wildman–Crippen LogP) is 6.13. The molecular formula is C25H22N6S. The van der Waals surface area contributed by atoms with E-state index in [9.17, 15) is 0 Å². The number of nitrogen functional groups attached to an aromatic ring is 1. The van der Waals surface area contributed by atoms with Crippen LogP contribution in [-0.4, -0.2) is 9.97 Å². The van der Waals surface area contributed by atoms with Gasteiger partial charge in [-0.15, -0.1) is 11.3 Å². The van der Waals surface area contributed by atoms with E-state index in [1.54, 1.807) is 17.4 Å². The molecule has 0 amide bonds. The third-order valence-corrected chi connectivity index (χ3v) is 6.22. The maximum atomic E-state index is 5.58. The van der Waals surface area contributed by atoms with Crippen LogP contribution in [-0.2, 0) is 6.54 Å². The van der Waals surface area contributed by atoms with Gasteiger partial charge in [0.05, 0.1) is 15.9 Å². The van der Waals surface area contributed by atoms with Gasteiger partial charge in [-0.05, 0) is 46.0 Å². The summed E-state index contributed by atoms with van der Waals surface area (Å²) in [6, 6.07) is 22.5. The average molecular weight is 439 g/mol. The molecule has 0 aliphatic rings. The first-order valence-corrected chi connectivity index (χ1v) is 11.1. The monoisotopic (exact) mass is 438 g/mol. The second kappa shape index (κ2) is 8.66. The van der Waals surface area contributed by atoms with Gasteiger partial charge in [0.2, 0.25) is 5.95 Å². The van der Waals surface area contributed by atoms with E-state index in [-0.39, 0.29) is 0 Å². The largest absolute Gasteiger partial charge is 0.350 e. The molecule has 2 heterocycles. The van der Waals surface area contributed by atoms with Crippen LogP contribution in [0, 0.1) is 0 Å². The normalized spacial score (nSPS) is 10.9. The maximum Gasteiger partial charge on any atom is 0.225 e. The lowest BCUT2D eigenvalue weighted by Gasteiger charge is -2.13. The number of thiophene rings is 1. The summed E-state index contributed by atoms with van der Waals surface area (Å²) in [5.41, 5.74) is 7.40. The highest BCUT2D eigenvalue weighted by Crippen LogP contribution is 2.31. The van der Waals surface area contributed by atoms with Crippen molar-refractivity contribution >= 4 is 61.5 Å². The summed E-state index contributed by atoms with van der Waals surface area (Å²) < 4.78 is 1.00. The highest BCUT2D eigenvalue weighted by atomic mass is 32.1. The predicted molar refractivity (Wildman–Crippen MR) is 136 cm³/mol. The Balaban J connectivity index is 1.45. The van der Waals surface area contributed by atoms with Gasteiger partial charge in [-0.3, -0.25) is 5.84 Å². The van der Waals surface area contributed by atoms with Crippen LogP contribution in [0.3, 0.4) is 0 Å². The van der Waals surface area contributed by atoms with Crippen LogP contribution < -0.4 is 21.9 Å². The van der Waals surface area contributed by atoms with Crippen LogP contribution in [0.5, 0.6) is 0 Å². The highest BCUT2D eigenvalue weighted by Gasteiger charge is 2.11. The minimum atomic E-state index is 0.579. The van der Waals surface area contributed by atoms with Crippen molar-refractivity contribution in [3.8, 4) is 0 Å². The van der Waals surface area contributed by atoms with Crippen molar-refractivity contribution in [1.82, 2.24) is 9.97 Å². The summed E-state index contributed by atoms with van der Waals surface area (Å²) in [7, 11) is 0. The molecule has 0 unspecified atom stereocenters. The topological polar surface area (TPSA) is 87.9 Å². The number of hydrogen-bond acceptors (Lipinski definition) is 7. The number of aromatic nitrogens is 2. The zero-order valence-electron chi connectivity index (χ0n) is 17.3. The molecule has 0 fully saturated rings. The van der Waals surface area contributed by atoms with Gasteiger partial charge in [-0.25, -0.2) is 4.98 Å². The fourth-order valence-corrected chi connectivity index (χ4v) is 4.50. The molecule has 3 aromatic carbocycles. The molecule has 5 rings (SSSR count). The Hall–Kier alpha value is -3.94. The van der Waals surface area contributed by atoms with Crippen LogP contribution >= 0.6 is 11.3 Å². The van der Waals surface area contributed by atoms with Crippen LogP contribution in [0.15, 0.2) is 78.7 Å². The fourth-order valence-electron chi connectivity index (χ4n) is 3.73.